The summed E-state index contributed by atoms with van der Waals surface area (Å²) in [4.78, 5) is 12.2. The molecule has 1 fully saturated rings. The molecule has 0 aliphatic heterocycles. The number of benzene rings is 1. The number of carbonyl (C=O) groups excluding carboxylic acids is 1. The largest absolute Gasteiger partial charge is 0.376 e. The van der Waals surface area contributed by atoms with Gasteiger partial charge >= 0.3 is 0 Å². The van der Waals surface area contributed by atoms with Crippen LogP contribution in [0.15, 0.2) is 41.1 Å². The van der Waals surface area contributed by atoms with Crippen molar-refractivity contribution < 1.29 is 9.53 Å². The molecule has 3 rings (SSSR count). The zero-order valence-electron chi connectivity index (χ0n) is 14.5. The van der Waals surface area contributed by atoms with Crippen molar-refractivity contribution in [2.45, 2.75) is 38.7 Å². The molecule has 1 aromatic carbocycles. The average molecular weight is 406 g/mol. The molecule has 134 valence electrons. The van der Waals surface area contributed by atoms with E-state index in [0.717, 1.165) is 16.6 Å². The predicted molar refractivity (Wildman–Crippen MR) is 101 cm³/mol. The number of hydrogen-bond acceptors (Lipinski definition) is 3. The standard InChI is InChI=1S/C19H24BrN3O2/c1-14-4-2-3-5-18(14)25-11-10-21-19(24)15-12-22-23(13-15)17-8-6-16(20)7-9-17/h6-9,12-14,18H,2-5,10-11H2,1H3,(H,21,24)/t14-,18-/m1/s1. The molecule has 1 saturated carbocycles. The highest BCUT2D eigenvalue weighted by atomic mass is 79.9. The third-order valence-corrected chi connectivity index (χ3v) is 5.22. The van der Waals surface area contributed by atoms with Gasteiger partial charge in [0.1, 0.15) is 0 Å². The predicted octanol–water partition coefficient (Wildman–Crippen LogP) is 3.96. The Balaban J connectivity index is 1.46. The van der Waals surface area contributed by atoms with Crippen LogP contribution in [0.5, 0.6) is 0 Å². The van der Waals surface area contributed by atoms with E-state index >= 15 is 0 Å². The average Bonchev–Trinajstić information content (AvgIpc) is 3.11. The van der Waals surface area contributed by atoms with Crippen LogP contribution in [0, 0.1) is 5.92 Å². The van der Waals surface area contributed by atoms with Crippen molar-refractivity contribution in [1.82, 2.24) is 15.1 Å². The molecular weight excluding hydrogens is 382 g/mol. The van der Waals surface area contributed by atoms with Crippen molar-refractivity contribution in [2.24, 2.45) is 5.92 Å². The van der Waals surface area contributed by atoms with Crippen molar-refractivity contribution in [2.75, 3.05) is 13.2 Å². The van der Waals surface area contributed by atoms with Crippen LogP contribution in [-0.4, -0.2) is 34.9 Å². The van der Waals surface area contributed by atoms with E-state index in [2.05, 4.69) is 33.3 Å². The van der Waals surface area contributed by atoms with Gasteiger partial charge in [-0.1, -0.05) is 35.7 Å². The van der Waals surface area contributed by atoms with Gasteiger partial charge in [0.25, 0.3) is 5.91 Å². The summed E-state index contributed by atoms with van der Waals surface area (Å²) in [5.74, 6) is 0.497. The second-order valence-corrected chi connectivity index (χ2v) is 7.49. The molecule has 2 aromatic rings. The molecule has 1 aromatic heterocycles. The van der Waals surface area contributed by atoms with Crippen LogP contribution in [0.1, 0.15) is 43.0 Å². The third-order valence-electron chi connectivity index (χ3n) is 4.69. The highest BCUT2D eigenvalue weighted by Crippen LogP contribution is 2.26. The number of rotatable bonds is 6. The number of amides is 1. The van der Waals surface area contributed by atoms with Gasteiger partial charge in [0, 0.05) is 17.2 Å². The SMILES string of the molecule is C[C@@H]1CCCC[C@H]1OCCNC(=O)c1cnn(-c2ccc(Br)cc2)c1. The molecule has 1 aliphatic rings. The first-order valence-electron chi connectivity index (χ1n) is 8.84. The maximum atomic E-state index is 12.2. The number of ether oxygens (including phenoxy) is 1. The zero-order chi connectivity index (χ0) is 17.6. The summed E-state index contributed by atoms with van der Waals surface area (Å²) in [6, 6.07) is 7.77. The van der Waals surface area contributed by atoms with Crippen LogP contribution in [0.2, 0.25) is 0 Å². The van der Waals surface area contributed by atoms with E-state index in [9.17, 15) is 4.79 Å². The van der Waals surface area contributed by atoms with E-state index in [4.69, 9.17) is 4.74 Å². The quantitative estimate of drug-likeness (QED) is 0.739. The van der Waals surface area contributed by atoms with Crippen molar-refractivity contribution >= 4 is 21.8 Å². The van der Waals surface area contributed by atoms with E-state index in [1.165, 1.54) is 19.3 Å². The summed E-state index contributed by atoms with van der Waals surface area (Å²) in [7, 11) is 0. The second kappa shape index (κ2) is 8.63. The minimum absolute atomic E-state index is 0.122. The number of nitrogens with zero attached hydrogens (tertiary/aromatic N) is 2. The molecule has 2 atom stereocenters. The Kier molecular flexibility index (Phi) is 6.26. The lowest BCUT2D eigenvalue weighted by Crippen LogP contribution is -2.31. The van der Waals surface area contributed by atoms with Crippen molar-refractivity contribution in [3.63, 3.8) is 0 Å². The van der Waals surface area contributed by atoms with Crippen molar-refractivity contribution in [1.29, 1.82) is 0 Å². The molecule has 1 N–H and O–H groups in total. The van der Waals surface area contributed by atoms with Gasteiger partial charge < -0.3 is 10.1 Å². The minimum atomic E-state index is -0.122. The molecule has 0 bridgehead atoms. The molecule has 1 aliphatic carbocycles. The summed E-state index contributed by atoms with van der Waals surface area (Å²) in [6.07, 6.45) is 8.59. The first-order valence-corrected chi connectivity index (χ1v) is 9.63. The Morgan fingerprint density at radius 2 is 2.08 bits per heavy atom. The fraction of sp³-hybridized carbons (Fsp3) is 0.474. The van der Waals surface area contributed by atoms with E-state index in [1.54, 1.807) is 17.1 Å². The third kappa shape index (κ3) is 4.92. The molecule has 0 radical (unpaired) electrons. The lowest BCUT2D eigenvalue weighted by molar-refractivity contribution is -0.00293. The van der Waals surface area contributed by atoms with Gasteiger partial charge in [-0.15, -0.1) is 0 Å². The maximum Gasteiger partial charge on any atom is 0.254 e. The summed E-state index contributed by atoms with van der Waals surface area (Å²) in [5.41, 5.74) is 1.46. The van der Waals surface area contributed by atoms with Gasteiger partial charge in [-0.05, 0) is 43.0 Å². The molecule has 1 heterocycles. The summed E-state index contributed by atoms with van der Waals surface area (Å²) < 4.78 is 8.63. The van der Waals surface area contributed by atoms with Crippen molar-refractivity contribution in [3.05, 3.63) is 46.7 Å². The van der Waals surface area contributed by atoms with E-state index < -0.39 is 0 Å². The molecule has 6 heteroatoms. The van der Waals surface area contributed by atoms with Crippen molar-refractivity contribution in [3.8, 4) is 5.69 Å². The molecule has 5 nitrogen and oxygen atoms in total. The highest BCUT2D eigenvalue weighted by Gasteiger charge is 2.21. The Morgan fingerprint density at radius 3 is 2.84 bits per heavy atom. The molecule has 1 amide bonds. The second-order valence-electron chi connectivity index (χ2n) is 6.58. The fourth-order valence-corrected chi connectivity index (χ4v) is 3.45. The first kappa shape index (κ1) is 18.1. The smallest absolute Gasteiger partial charge is 0.254 e. The fourth-order valence-electron chi connectivity index (χ4n) is 3.18. The normalized spacial score (nSPS) is 20.4. The van der Waals surface area contributed by atoms with Crippen LogP contribution in [0.3, 0.4) is 0 Å². The summed E-state index contributed by atoms with van der Waals surface area (Å²) in [6.45, 7) is 3.33. The first-order chi connectivity index (χ1) is 12.1. The van der Waals surface area contributed by atoms with Gasteiger partial charge in [-0.3, -0.25) is 4.79 Å². The van der Waals surface area contributed by atoms with E-state index in [1.807, 2.05) is 24.3 Å². The van der Waals surface area contributed by atoms with Gasteiger partial charge in [-0.2, -0.15) is 5.10 Å². The van der Waals surface area contributed by atoms with E-state index in [0.29, 0.717) is 30.7 Å². The van der Waals surface area contributed by atoms with Gasteiger partial charge in [0.2, 0.25) is 0 Å². The van der Waals surface area contributed by atoms with Gasteiger partial charge in [0.05, 0.1) is 30.2 Å². The van der Waals surface area contributed by atoms with Crippen LogP contribution in [0.25, 0.3) is 5.69 Å². The van der Waals surface area contributed by atoms with Crippen LogP contribution in [-0.2, 0) is 4.74 Å². The van der Waals surface area contributed by atoms with Crippen LogP contribution in [0.4, 0.5) is 0 Å². The number of hydrogen-bond donors (Lipinski definition) is 1. The Labute approximate surface area is 156 Å². The van der Waals surface area contributed by atoms with Crippen LogP contribution >= 0.6 is 15.9 Å². The molecule has 0 spiro atoms. The summed E-state index contributed by atoms with van der Waals surface area (Å²) >= 11 is 3.41. The van der Waals surface area contributed by atoms with Gasteiger partial charge in [-0.25, -0.2) is 4.68 Å². The molecule has 0 saturated heterocycles. The Bertz CT molecular complexity index is 699. The summed E-state index contributed by atoms with van der Waals surface area (Å²) in [5, 5.41) is 7.16. The highest BCUT2D eigenvalue weighted by molar-refractivity contribution is 9.10. The minimum Gasteiger partial charge on any atom is -0.376 e. The van der Waals surface area contributed by atoms with Crippen LogP contribution < -0.4 is 5.32 Å². The number of halogens is 1. The molecule has 25 heavy (non-hydrogen) atoms. The Morgan fingerprint density at radius 1 is 1.32 bits per heavy atom. The number of carbonyl (C=O) groups is 1. The molecule has 0 unspecified atom stereocenters. The van der Waals surface area contributed by atoms with E-state index in [-0.39, 0.29) is 5.91 Å². The number of aromatic nitrogens is 2. The van der Waals surface area contributed by atoms with Gasteiger partial charge in [0.15, 0.2) is 0 Å². The maximum absolute atomic E-state index is 12.2. The Hall–Kier alpha value is -1.66. The number of nitrogens with one attached hydrogen (secondary N) is 1. The zero-order valence-corrected chi connectivity index (χ0v) is 16.0. The lowest BCUT2D eigenvalue weighted by Gasteiger charge is -2.28. The topological polar surface area (TPSA) is 56.1 Å². The lowest BCUT2D eigenvalue weighted by atomic mass is 9.88. The molecular formula is C19H24BrN3O2. The monoisotopic (exact) mass is 405 g/mol.